The van der Waals surface area contributed by atoms with E-state index >= 15 is 0 Å². The van der Waals surface area contributed by atoms with Crippen molar-refractivity contribution in [1.82, 2.24) is 0 Å². The van der Waals surface area contributed by atoms with Gasteiger partial charge in [0.15, 0.2) is 5.75 Å². The summed E-state index contributed by atoms with van der Waals surface area (Å²) in [6, 6.07) is 0. The van der Waals surface area contributed by atoms with Gasteiger partial charge in [0.05, 0.1) is 5.39 Å². The first-order chi connectivity index (χ1) is 7.49. The van der Waals surface area contributed by atoms with Crippen molar-refractivity contribution in [3.05, 3.63) is 27.2 Å². The summed E-state index contributed by atoms with van der Waals surface area (Å²) in [7, 11) is 0. The van der Waals surface area contributed by atoms with E-state index in [4.69, 9.17) is 4.42 Å². The molecule has 0 fully saturated rings. The highest BCUT2D eigenvalue weighted by molar-refractivity contribution is 5.94. The highest BCUT2D eigenvalue weighted by Crippen LogP contribution is 2.43. The summed E-state index contributed by atoms with van der Waals surface area (Å²) in [6.45, 7) is 7.78. The van der Waals surface area contributed by atoms with Gasteiger partial charge in [0.1, 0.15) is 5.58 Å². The molecule has 16 heavy (non-hydrogen) atoms. The Bertz CT molecular complexity index is 596. The third-order valence-electron chi connectivity index (χ3n) is 3.35. The van der Waals surface area contributed by atoms with Gasteiger partial charge in [-0.25, -0.2) is 0 Å². The summed E-state index contributed by atoms with van der Waals surface area (Å²) in [5.41, 5.74) is 4.61. The molecule has 4 nitrogen and oxygen atoms in total. The van der Waals surface area contributed by atoms with E-state index in [1.54, 1.807) is 0 Å². The summed E-state index contributed by atoms with van der Waals surface area (Å²) in [5.74, 6) is -0.403. The van der Waals surface area contributed by atoms with Gasteiger partial charge in [0, 0.05) is 5.18 Å². The van der Waals surface area contributed by atoms with E-state index in [2.05, 4.69) is 5.18 Å². The third kappa shape index (κ3) is 1.16. The van der Waals surface area contributed by atoms with Crippen LogP contribution in [0.5, 0.6) is 5.75 Å². The molecule has 2 rings (SSSR count). The molecule has 1 aromatic carbocycles. The average Bonchev–Trinajstić information content (AvgIpc) is 2.61. The summed E-state index contributed by atoms with van der Waals surface area (Å²) >= 11 is 0. The highest BCUT2D eigenvalue weighted by atomic mass is 16.4. The zero-order valence-corrected chi connectivity index (χ0v) is 9.71. The smallest absolute Gasteiger partial charge is 0.304 e. The molecule has 0 bridgehead atoms. The van der Waals surface area contributed by atoms with Crippen molar-refractivity contribution in [2.75, 3.05) is 0 Å². The van der Waals surface area contributed by atoms with Crippen molar-refractivity contribution in [3.8, 4) is 5.75 Å². The fourth-order valence-electron chi connectivity index (χ4n) is 2.00. The van der Waals surface area contributed by atoms with Crippen LogP contribution in [0.1, 0.15) is 22.3 Å². The molecule has 0 aliphatic rings. The lowest BCUT2D eigenvalue weighted by Gasteiger charge is -2.09. The molecular weight excluding hydrogens is 206 g/mol. The molecule has 4 heteroatoms. The molecule has 1 heterocycles. The van der Waals surface area contributed by atoms with E-state index in [-0.39, 0.29) is 11.6 Å². The van der Waals surface area contributed by atoms with Crippen LogP contribution in [-0.4, -0.2) is 5.11 Å². The third-order valence-corrected chi connectivity index (χ3v) is 3.35. The zero-order chi connectivity index (χ0) is 12.0. The largest absolute Gasteiger partial charge is 0.502 e. The number of rotatable bonds is 1. The van der Waals surface area contributed by atoms with Crippen LogP contribution >= 0.6 is 0 Å². The molecule has 0 unspecified atom stereocenters. The molecule has 0 spiro atoms. The Labute approximate surface area is 92.9 Å². The fraction of sp³-hybridized carbons (Fsp3) is 0.333. The van der Waals surface area contributed by atoms with Gasteiger partial charge in [-0.05, 0) is 49.9 Å². The van der Waals surface area contributed by atoms with Crippen molar-refractivity contribution in [2.24, 2.45) is 5.18 Å². The van der Waals surface area contributed by atoms with Crippen LogP contribution in [0.15, 0.2) is 9.59 Å². The molecule has 0 saturated heterocycles. The van der Waals surface area contributed by atoms with E-state index in [1.807, 2.05) is 27.7 Å². The number of nitroso groups, excluding NO2 is 1. The predicted octanol–water partition coefficient (Wildman–Crippen LogP) is 3.77. The molecule has 0 aliphatic heterocycles. The average molecular weight is 219 g/mol. The van der Waals surface area contributed by atoms with Gasteiger partial charge in [-0.1, -0.05) is 0 Å². The van der Waals surface area contributed by atoms with Crippen molar-refractivity contribution >= 4 is 16.9 Å². The van der Waals surface area contributed by atoms with Crippen molar-refractivity contribution in [2.45, 2.75) is 27.7 Å². The lowest BCUT2D eigenvalue weighted by atomic mass is 9.96. The number of furan rings is 1. The maximum atomic E-state index is 10.5. The molecule has 0 amide bonds. The Kier molecular flexibility index (Phi) is 2.22. The quantitative estimate of drug-likeness (QED) is 0.742. The first kappa shape index (κ1) is 10.7. The highest BCUT2D eigenvalue weighted by Gasteiger charge is 2.20. The summed E-state index contributed by atoms with van der Waals surface area (Å²) in [6.07, 6.45) is 0. The summed E-state index contributed by atoms with van der Waals surface area (Å²) in [4.78, 5) is 10.5. The van der Waals surface area contributed by atoms with Crippen LogP contribution in [-0.2, 0) is 0 Å². The number of hydrogen-bond donors (Lipinski definition) is 1. The second-order valence-electron chi connectivity index (χ2n) is 4.05. The second-order valence-corrected chi connectivity index (χ2v) is 4.05. The minimum absolute atomic E-state index is 0.159. The van der Waals surface area contributed by atoms with Gasteiger partial charge >= 0.3 is 5.88 Å². The first-order valence-corrected chi connectivity index (χ1v) is 5.04. The first-order valence-electron chi connectivity index (χ1n) is 5.04. The Hall–Kier alpha value is -1.84. The van der Waals surface area contributed by atoms with E-state index in [0.717, 1.165) is 22.3 Å². The number of nitrogens with zero attached hydrogens (tertiary/aromatic N) is 1. The van der Waals surface area contributed by atoms with Gasteiger partial charge < -0.3 is 9.52 Å². The maximum Gasteiger partial charge on any atom is 0.304 e. The molecule has 0 atom stereocenters. The molecule has 0 aliphatic carbocycles. The predicted molar refractivity (Wildman–Crippen MR) is 62.3 cm³/mol. The molecule has 1 N–H and O–H groups in total. The second kappa shape index (κ2) is 3.33. The molecule has 84 valence electrons. The van der Waals surface area contributed by atoms with Gasteiger partial charge in [0.2, 0.25) is 0 Å². The number of hydrogen-bond acceptors (Lipinski definition) is 4. The maximum absolute atomic E-state index is 10.5. The Morgan fingerprint density at radius 1 is 1.00 bits per heavy atom. The molecule has 2 aromatic rings. The van der Waals surface area contributed by atoms with E-state index in [9.17, 15) is 10.0 Å². The van der Waals surface area contributed by atoms with Crippen molar-refractivity contribution < 1.29 is 9.52 Å². The SMILES string of the molecule is Cc1c(C)c(C)c2c(O)c(N=O)oc2c1C. The monoisotopic (exact) mass is 219 g/mol. The van der Waals surface area contributed by atoms with Crippen LogP contribution in [0, 0.1) is 32.6 Å². The van der Waals surface area contributed by atoms with Gasteiger partial charge in [0.25, 0.3) is 0 Å². The Balaban J connectivity index is 3.05. The molecular formula is C12H13NO3. The Morgan fingerprint density at radius 2 is 1.56 bits per heavy atom. The number of benzene rings is 1. The summed E-state index contributed by atoms with van der Waals surface area (Å²) in [5, 5.41) is 13.1. The number of aryl methyl sites for hydroxylation is 2. The normalized spacial score (nSPS) is 11.0. The zero-order valence-electron chi connectivity index (χ0n) is 9.71. The van der Waals surface area contributed by atoms with Crippen LogP contribution in [0.3, 0.4) is 0 Å². The number of fused-ring (bicyclic) bond motifs is 1. The van der Waals surface area contributed by atoms with E-state index in [1.165, 1.54) is 0 Å². The summed E-state index contributed by atoms with van der Waals surface area (Å²) < 4.78 is 5.27. The van der Waals surface area contributed by atoms with Gasteiger partial charge in [-0.2, -0.15) is 0 Å². The Morgan fingerprint density at radius 3 is 2.12 bits per heavy atom. The lowest BCUT2D eigenvalue weighted by Crippen LogP contribution is -1.91. The van der Waals surface area contributed by atoms with E-state index in [0.29, 0.717) is 11.0 Å². The fourth-order valence-corrected chi connectivity index (χ4v) is 2.00. The van der Waals surface area contributed by atoms with Crippen LogP contribution < -0.4 is 0 Å². The van der Waals surface area contributed by atoms with Crippen LogP contribution in [0.4, 0.5) is 5.88 Å². The van der Waals surface area contributed by atoms with Crippen LogP contribution in [0.25, 0.3) is 11.0 Å². The van der Waals surface area contributed by atoms with Crippen molar-refractivity contribution in [3.63, 3.8) is 0 Å². The standard InChI is InChI=1S/C12H13NO3/c1-5-6(2)8(4)11-9(7(5)3)10(14)12(13-15)16-11/h14H,1-4H3. The van der Waals surface area contributed by atoms with Gasteiger partial charge in [-0.15, -0.1) is 4.91 Å². The van der Waals surface area contributed by atoms with E-state index < -0.39 is 0 Å². The molecule has 0 saturated carbocycles. The minimum atomic E-state index is -0.244. The topological polar surface area (TPSA) is 62.8 Å². The minimum Gasteiger partial charge on any atom is -0.502 e. The molecule has 0 radical (unpaired) electrons. The van der Waals surface area contributed by atoms with Crippen molar-refractivity contribution in [1.29, 1.82) is 0 Å². The van der Waals surface area contributed by atoms with Gasteiger partial charge in [-0.3, -0.25) is 0 Å². The van der Waals surface area contributed by atoms with Crippen LogP contribution in [0.2, 0.25) is 0 Å². The number of aromatic hydroxyl groups is 1. The molecule has 1 aromatic heterocycles. The lowest BCUT2D eigenvalue weighted by molar-refractivity contribution is 0.468.